The van der Waals surface area contributed by atoms with E-state index in [0.29, 0.717) is 11.4 Å². The van der Waals surface area contributed by atoms with Gasteiger partial charge < -0.3 is 9.47 Å². The van der Waals surface area contributed by atoms with E-state index < -0.39 is 17.5 Å². The Morgan fingerprint density at radius 1 is 1.41 bits per heavy atom. The first-order chi connectivity index (χ1) is 10.6. The summed E-state index contributed by atoms with van der Waals surface area (Å²) in [7, 11) is 1.24. The van der Waals surface area contributed by atoms with Crippen LogP contribution in [0.4, 0.5) is 0 Å². The first kappa shape index (κ1) is 16.2. The number of thiophene rings is 1. The fourth-order valence-corrected chi connectivity index (χ4v) is 2.69. The molecule has 8 heteroatoms. The summed E-state index contributed by atoms with van der Waals surface area (Å²) in [4.78, 5) is 40.3. The summed E-state index contributed by atoms with van der Waals surface area (Å²) in [6.45, 7) is 2.05. The van der Waals surface area contributed by atoms with Crippen LogP contribution in [0, 0.1) is 0 Å². The number of aromatic nitrogens is 2. The second-order valence-corrected chi connectivity index (χ2v) is 5.43. The monoisotopic (exact) mass is 324 g/mol. The Balaban J connectivity index is 2.36. The van der Waals surface area contributed by atoms with Gasteiger partial charge in [0, 0.05) is 5.38 Å². The van der Waals surface area contributed by atoms with Crippen molar-refractivity contribution in [1.29, 1.82) is 0 Å². The van der Waals surface area contributed by atoms with Crippen LogP contribution in [0.2, 0.25) is 0 Å². The van der Waals surface area contributed by atoms with Crippen molar-refractivity contribution in [2.24, 2.45) is 0 Å². The van der Waals surface area contributed by atoms with E-state index in [-0.39, 0.29) is 17.5 Å². The lowest BCUT2D eigenvalue weighted by molar-refractivity contribution is -0.141. The smallest absolute Gasteiger partial charge is 0.339 e. The van der Waals surface area contributed by atoms with E-state index in [2.05, 4.69) is 9.72 Å². The molecule has 0 aliphatic heterocycles. The predicted octanol–water partition coefficient (Wildman–Crippen LogP) is 1.59. The highest BCUT2D eigenvalue weighted by atomic mass is 32.1. The normalized spacial score (nSPS) is 10.6. The maximum atomic E-state index is 12.4. The fraction of sp³-hybridized carbons (Fsp3) is 0.429. The quantitative estimate of drug-likeness (QED) is 0.592. The zero-order valence-electron chi connectivity index (χ0n) is 12.3. The summed E-state index contributed by atoms with van der Waals surface area (Å²) >= 11 is 1.19. The third-order valence-electron chi connectivity index (χ3n) is 3.04. The Morgan fingerprint density at radius 2 is 2.18 bits per heavy atom. The van der Waals surface area contributed by atoms with Gasteiger partial charge in [0.25, 0.3) is 5.56 Å². The van der Waals surface area contributed by atoms with E-state index in [1.165, 1.54) is 24.8 Å². The third kappa shape index (κ3) is 3.33. The van der Waals surface area contributed by atoms with Gasteiger partial charge in [-0.05, 0) is 6.42 Å². The number of unbranched alkanes of at least 4 members (excludes halogenated alkanes) is 1. The maximum absolute atomic E-state index is 12.4. The number of ether oxygens (including phenoxy) is 2. The highest BCUT2D eigenvalue weighted by molar-refractivity contribution is 7.17. The van der Waals surface area contributed by atoms with Crippen molar-refractivity contribution >= 4 is 33.5 Å². The molecule has 0 aliphatic rings. The Hall–Kier alpha value is -2.22. The van der Waals surface area contributed by atoms with Crippen molar-refractivity contribution in [3.8, 4) is 0 Å². The van der Waals surface area contributed by atoms with Crippen molar-refractivity contribution < 1.29 is 19.1 Å². The highest BCUT2D eigenvalue weighted by Crippen LogP contribution is 2.21. The summed E-state index contributed by atoms with van der Waals surface area (Å²) in [5, 5.41) is 1.73. The van der Waals surface area contributed by atoms with Gasteiger partial charge in [0.1, 0.15) is 11.4 Å². The van der Waals surface area contributed by atoms with Gasteiger partial charge in [-0.1, -0.05) is 13.3 Å². The molecule has 0 unspecified atom stereocenters. The lowest BCUT2D eigenvalue weighted by atomic mass is 10.2. The molecule has 7 nitrogen and oxygen atoms in total. The molecule has 118 valence electrons. The Bertz CT molecular complexity index is 749. The van der Waals surface area contributed by atoms with Crippen LogP contribution in [0.25, 0.3) is 10.2 Å². The molecule has 0 amide bonds. The lowest BCUT2D eigenvalue weighted by Gasteiger charge is -2.05. The number of hydrogen-bond donors (Lipinski definition) is 0. The lowest BCUT2D eigenvalue weighted by Crippen LogP contribution is -2.25. The fourth-order valence-electron chi connectivity index (χ4n) is 1.82. The first-order valence-corrected chi connectivity index (χ1v) is 7.67. The molecule has 0 radical (unpaired) electrons. The number of rotatable bonds is 6. The molecule has 0 spiro atoms. The van der Waals surface area contributed by atoms with Gasteiger partial charge in [-0.15, -0.1) is 11.3 Å². The van der Waals surface area contributed by atoms with Crippen molar-refractivity contribution in [2.75, 3.05) is 13.7 Å². The molecule has 0 bridgehead atoms. The van der Waals surface area contributed by atoms with Crippen LogP contribution in [-0.2, 0) is 20.8 Å². The molecular formula is C14H16N2O5S. The van der Waals surface area contributed by atoms with E-state index in [0.717, 1.165) is 17.4 Å². The van der Waals surface area contributed by atoms with Crippen molar-refractivity contribution in [3.63, 3.8) is 0 Å². The van der Waals surface area contributed by atoms with Crippen LogP contribution >= 0.6 is 11.3 Å². The zero-order valence-corrected chi connectivity index (χ0v) is 13.1. The standard InChI is InChI=1S/C14H16N2O5S/c1-3-4-5-21-14(19)9-7-22-12-11(9)13(18)16(8-15-12)6-10(17)20-2/h7-8H,3-6H2,1-2H3. The largest absolute Gasteiger partial charge is 0.468 e. The minimum atomic E-state index is -0.564. The minimum absolute atomic E-state index is 0.179. The number of hydrogen-bond acceptors (Lipinski definition) is 7. The van der Waals surface area contributed by atoms with Gasteiger partial charge in [0.2, 0.25) is 0 Å². The second kappa shape index (κ2) is 7.17. The average Bonchev–Trinajstić information content (AvgIpc) is 2.95. The van der Waals surface area contributed by atoms with Gasteiger partial charge >= 0.3 is 11.9 Å². The van der Waals surface area contributed by atoms with Crippen LogP contribution in [0.3, 0.4) is 0 Å². The molecule has 0 aliphatic carbocycles. The molecule has 2 heterocycles. The van der Waals surface area contributed by atoms with Crippen LogP contribution < -0.4 is 5.56 Å². The van der Waals surface area contributed by atoms with Crippen LogP contribution in [0.15, 0.2) is 16.5 Å². The molecule has 2 aromatic heterocycles. The summed E-state index contributed by atoms with van der Waals surface area (Å²) < 4.78 is 10.8. The molecule has 2 aromatic rings. The summed E-state index contributed by atoms with van der Waals surface area (Å²) in [6, 6.07) is 0. The zero-order chi connectivity index (χ0) is 16.1. The highest BCUT2D eigenvalue weighted by Gasteiger charge is 2.19. The van der Waals surface area contributed by atoms with Crippen LogP contribution in [0.1, 0.15) is 30.1 Å². The number of carbonyl (C=O) groups is 2. The van der Waals surface area contributed by atoms with E-state index >= 15 is 0 Å². The molecule has 0 aromatic carbocycles. The van der Waals surface area contributed by atoms with Crippen LogP contribution in [0.5, 0.6) is 0 Å². The SMILES string of the molecule is CCCCOC(=O)c1csc2ncn(CC(=O)OC)c(=O)c12. The maximum Gasteiger partial charge on any atom is 0.339 e. The van der Waals surface area contributed by atoms with E-state index in [4.69, 9.17) is 4.74 Å². The van der Waals surface area contributed by atoms with Crippen molar-refractivity contribution in [1.82, 2.24) is 9.55 Å². The van der Waals surface area contributed by atoms with Crippen LogP contribution in [-0.4, -0.2) is 35.2 Å². The molecule has 0 saturated heterocycles. The Kier molecular flexibility index (Phi) is 5.26. The van der Waals surface area contributed by atoms with Gasteiger partial charge in [-0.3, -0.25) is 14.2 Å². The molecule has 22 heavy (non-hydrogen) atoms. The number of methoxy groups -OCH3 is 1. The molecule has 0 saturated carbocycles. The van der Waals surface area contributed by atoms with E-state index in [9.17, 15) is 14.4 Å². The van der Waals surface area contributed by atoms with E-state index in [1.54, 1.807) is 5.38 Å². The molecule has 0 N–H and O–H groups in total. The van der Waals surface area contributed by atoms with Gasteiger partial charge in [0.05, 0.1) is 31.0 Å². The minimum Gasteiger partial charge on any atom is -0.468 e. The van der Waals surface area contributed by atoms with E-state index in [1.807, 2.05) is 6.92 Å². The summed E-state index contributed by atoms with van der Waals surface area (Å²) in [6.07, 6.45) is 2.94. The molecule has 0 fully saturated rings. The predicted molar refractivity (Wildman–Crippen MR) is 81.1 cm³/mol. The van der Waals surface area contributed by atoms with Gasteiger partial charge in [-0.25, -0.2) is 9.78 Å². The van der Waals surface area contributed by atoms with Gasteiger partial charge in [0.15, 0.2) is 0 Å². The molecule has 2 rings (SSSR count). The average molecular weight is 324 g/mol. The topological polar surface area (TPSA) is 87.5 Å². The number of fused-ring (bicyclic) bond motifs is 1. The number of esters is 2. The molecule has 0 atom stereocenters. The van der Waals surface area contributed by atoms with Gasteiger partial charge in [-0.2, -0.15) is 0 Å². The van der Waals surface area contributed by atoms with Crippen molar-refractivity contribution in [2.45, 2.75) is 26.3 Å². The summed E-state index contributed by atoms with van der Waals surface area (Å²) in [5.74, 6) is -1.11. The second-order valence-electron chi connectivity index (χ2n) is 4.57. The Labute approximate surface area is 130 Å². The number of carbonyl (C=O) groups excluding carboxylic acids is 2. The first-order valence-electron chi connectivity index (χ1n) is 6.79. The molecular weight excluding hydrogens is 308 g/mol. The Morgan fingerprint density at radius 3 is 2.86 bits per heavy atom. The number of nitrogens with zero attached hydrogens (tertiary/aromatic N) is 2. The van der Waals surface area contributed by atoms with Crippen molar-refractivity contribution in [3.05, 3.63) is 27.6 Å². The third-order valence-corrected chi connectivity index (χ3v) is 3.93. The summed E-state index contributed by atoms with van der Waals surface area (Å²) in [5.41, 5.74) is -0.271.